The molecule has 2 rings (SSSR count). The summed E-state index contributed by atoms with van der Waals surface area (Å²) in [4.78, 5) is 13.2. The molecule has 21 heavy (non-hydrogen) atoms. The van der Waals surface area contributed by atoms with Crippen molar-refractivity contribution in [1.82, 2.24) is 10.2 Å². The van der Waals surface area contributed by atoms with Crippen molar-refractivity contribution in [3.8, 4) is 5.75 Å². The van der Waals surface area contributed by atoms with E-state index in [1.54, 1.807) is 20.1 Å². The molecule has 0 radical (unpaired) electrons. The summed E-state index contributed by atoms with van der Waals surface area (Å²) in [5.41, 5.74) is 0.955. The van der Waals surface area contributed by atoms with E-state index in [9.17, 15) is 4.79 Å². The van der Waals surface area contributed by atoms with Gasteiger partial charge in [0, 0.05) is 43.7 Å². The van der Waals surface area contributed by atoms with Crippen molar-refractivity contribution in [2.75, 3.05) is 20.2 Å². The Bertz CT molecular complexity index is 515. The molecule has 1 aromatic rings. The molecule has 1 aromatic carbocycles. The van der Waals surface area contributed by atoms with Crippen LogP contribution in [0.15, 0.2) is 12.1 Å². The zero-order valence-corrected chi connectivity index (χ0v) is 13.8. The third kappa shape index (κ3) is 4.25. The number of piperidine rings is 1. The van der Waals surface area contributed by atoms with Crippen molar-refractivity contribution in [2.24, 2.45) is 0 Å². The summed E-state index contributed by atoms with van der Waals surface area (Å²) >= 11 is 12.4. The van der Waals surface area contributed by atoms with Gasteiger partial charge in [0.05, 0.1) is 12.1 Å². The highest BCUT2D eigenvalue weighted by Gasteiger charge is 2.20. The van der Waals surface area contributed by atoms with E-state index in [0.29, 0.717) is 28.4 Å². The number of halogens is 2. The predicted molar refractivity (Wildman–Crippen MR) is 85.1 cm³/mol. The first-order chi connectivity index (χ1) is 10.0. The SMILES string of the molecule is COc1cc(Cl)c(CNC2CCN(C(C)=O)CC2)cc1Cl. The van der Waals surface area contributed by atoms with Gasteiger partial charge in [-0.2, -0.15) is 0 Å². The van der Waals surface area contributed by atoms with Crippen LogP contribution >= 0.6 is 23.2 Å². The van der Waals surface area contributed by atoms with Gasteiger partial charge in [-0.1, -0.05) is 23.2 Å². The van der Waals surface area contributed by atoms with Crippen LogP contribution in [0.25, 0.3) is 0 Å². The first kappa shape index (κ1) is 16.4. The van der Waals surface area contributed by atoms with Crippen LogP contribution < -0.4 is 10.1 Å². The van der Waals surface area contributed by atoms with Gasteiger partial charge in [-0.3, -0.25) is 4.79 Å². The molecule has 4 nitrogen and oxygen atoms in total. The summed E-state index contributed by atoms with van der Waals surface area (Å²) in [6.45, 7) is 3.90. The number of nitrogens with zero attached hydrogens (tertiary/aromatic N) is 1. The van der Waals surface area contributed by atoms with Gasteiger partial charge in [0.2, 0.25) is 5.91 Å². The molecule has 1 amide bonds. The van der Waals surface area contributed by atoms with E-state index in [2.05, 4.69) is 5.32 Å². The Balaban J connectivity index is 1.89. The van der Waals surface area contributed by atoms with Crippen LogP contribution in [0.3, 0.4) is 0 Å². The second-order valence-electron chi connectivity index (χ2n) is 5.24. The number of methoxy groups -OCH3 is 1. The zero-order valence-electron chi connectivity index (χ0n) is 12.3. The van der Waals surface area contributed by atoms with Crippen LogP contribution in [0.1, 0.15) is 25.3 Å². The summed E-state index contributed by atoms with van der Waals surface area (Å²) in [6, 6.07) is 3.97. The average molecular weight is 331 g/mol. The quantitative estimate of drug-likeness (QED) is 0.922. The van der Waals surface area contributed by atoms with Gasteiger partial charge in [0.25, 0.3) is 0 Å². The molecule has 1 fully saturated rings. The van der Waals surface area contributed by atoms with E-state index >= 15 is 0 Å². The number of hydrogen-bond donors (Lipinski definition) is 1. The second-order valence-corrected chi connectivity index (χ2v) is 6.05. The fraction of sp³-hybridized carbons (Fsp3) is 0.533. The molecule has 0 aromatic heterocycles. The highest BCUT2D eigenvalue weighted by atomic mass is 35.5. The van der Waals surface area contributed by atoms with Crippen molar-refractivity contribution in [3.05, 3.63) is 27.7 Å². The van der Waals surface area contributed by atoms with Gasteiger partial charge in [0.15, 0.2) is 0 Å². The highest BCUT2D eigenvalue weighted by molar-refractivity contribution is 6.34. The predicted octanol–water partition coefficient (Wildman–Crippen LogP) is 3.10. The maximum absolute atomic E-state index is 11.3. The van der Waals surface area contributed by atoms with Crippen LogP contribution in [0, 0.1) is 0 Å². The van der Waals surface area contributed by atoms with Gasteiger partial charge >= 0.3 is 0 Å². The Morgan fingerprint density at radius 3 is 2.57 bits per heavy atom. The van der Waals surface area contributed by atoms with Gasteiger partial charge in [-0.05, 0) is 24.5 Å². The van der Waals surface area contributed by atoms with Gasteiger partial charge in [-0.15, -0.1) is 0 Å². The van der Waals surface area contributed by atoms with E-state index in [1.165, 1.54) is 0 Å². The molecule has 116 valence electrons. The lowest BCUT2D eigenvalue weighted by Crippen LogP contribution is -2.43. The molecule has 0 aliphatic carbocycles. The van der Waals surface area contributed by atoms with Crippen molar-refractivity contribution >= 4 is 29.1 Å². The van der Waals surface area contributed by atoms with Crippen LogP contribution in [-0.2, 0) is 11.3 Å². The molecular formula is C15H20Cl2N2O2. The molecule has 0 spiro atoms. The number of benzene rings is 1. The normalized spacial score (nSPS) is 16.1. The number of rotatable bonds is 4. The molecule has 1 aliphatic heterocycles. The Morgan fingerprint density at radius 1 is 1.33 bits per heavy atom. The molecule has 0 bridgehead atoms. The summed E-state index contributed by atoms with van der Waals surface area (Å²) in [5.74, 6) is 0.735. The van der Waals surface area contributed by atoms with E-state index < -0.39 is 0 Å². The summed E-state index contributed by atoms with van der Waals surface area (Å²) in [7, 11) is 1.57. The molecular weight excluding hydrogens is 311 g/mol. The maximum Gasteiger partial charge on any atom is 0.219 e. The van der Waals surface area contributed by atoms with Crippen LogP contribution in [0.2, 0.25) is 10.0 Å². The zero-order chi connectivity index (χ0) is 15.4. The second kappa shape index (κ2) is 7.34. The molecule has 6 heteroatoms. The van der Waals surface area contributed by atoms with E-state index in [0.717, 1.165) is 31.5 Å². The van der Waals surface area contributed by atoms with Crippen molar-refractivity contribution in [1.29, 1.82) is 0 Å². The smallest absolute Gasteiger partial charge is 0.219 e. The number of carbonyl (C=O) groups is 1. The van der Waals surface area contributed by atoms with E-state index in [4.69, 9.17) is 27.9 Å². The van der Waals surface area contributed by atoms with E-state index in [-0.39, 0.29) is 5.91 Å². The minimum absolute atomic E-state index is 0.151. The largest absolute Gasteiger partial charge is 0.495 e. The van der Waals surface area contributed by atoms with Crippen LogP contribution in [0.4, 0.5) is 0 Å². The van der Waals surface area contributed by atoms with Crippen molar-refractivity contribution in [2.45, 2.75) is 32.4 Å². The standard InChI is InChI=1S/C15H20Cl2N2O2/c1-10(20)19-5-3-12(4-6-19)18-9-11-7-14(17)15(21-2)8-13(11)16/h7-8,12,18H,3-6,9H2,1-2H3. The Morgan fingerprint density at radius 2 is 2.00 bits per heavy atom. The van der Waals surface area contributed by atoms with Crippen molar-refractivity contribution in [3.63, 3.8) is 0 Å². The molecule has 0 atom stereocenters. The van der Waals surface area contributed by atoms with Crippen molar-refractivity contribution < 1.29 is 9.53 Å². The van der Waals surface area contributed by atoms with Crippen LogP contribution in [0.5, 0.6) is 5.75 Å². The molecule has 0 unspecified atom stereocenters. The molecule has 1 saturated heterocycles. The lowest BCUT2D eigenvalue weighted by molar-refractivity contribution is -0.129. The number of nitrogens with one attached hydrogen (secondary N) is 1. The highest BCUT2D eigenvalue weighted by Crippen LogP contribution is 2.31. The fourth-order valence-electron chi connectivity index (χ4n) is 2.51. The summed E-state index contributed by atoms with van der Waals surface area (Å²) in [6.07, 6.45) is 1.92. The molecule has 1 aliphatic rings. The molecule has 1 heterocycles. The Kier molecular flexibility index (Phi) is 5.73. The lowest BCUT2D eigenvalue weighted by atomic mass is 10.0. The third-order valence-electron chi connectivity index (χ3n) is 3.84. The minimum Gasteiger partial charge on any atom is -0.495 e. The number of hydrogen-bond acceptors (Lipinski definition) is 3. The Hall–Kier alpha value is -0.970. The van der Waals surface area contributed by atoms with Gasteiger partial charge in [-0.25, -0.2) is 0 Å². The summed E-state index contributed by atoms with van der Waals surface area (Å²) in [5, 5.41) is 4.68. The first-order valence-electron chi connectivity index (χ1n) is 7.02. The molecule has 1 N–H and O–H groups in total. The van der Waals surface area contributed by atoms with Gasteiger partial charge < -0.3 is 15.0 Å². The van der Waals surface area contributed by atoms with Crippen LogP contribution in [-0.4, -0.2) is 37.0 Å². The van der Waals surface area contributed by atoms with Gasteiger partial charge in [0.1, 0.15) is 5.75 Å². The number of ether oxygens (including phenoxy) is 1. The topological polar surface area (TPSA) is 41.6 Å². The third-order valence-corrected chi connectivity index (χ3v) is 4.49. The number of amides is 1. The number of carbonyl (C=O) groups excluding carboxylic acids is 1. The fourth-order valence-corrected chi connectivity index (χ4v) is 3.00. The summed E-state index contributed by atoms with van der Waals surface area (Å²) < 4.78 is 5.14. The maximum atomic E-state index is 11.3. The number of likely N-dealkylation sites (tertiary alicyclic amines) is 1. The lowest BCUT2D eigenvalue weighted by Gasteiger charge is -2.32. The average Bonchev–Trinajstić information content (AvgIpc) is 2.48. The van der Waals surface area contributed by atoms with E-state index in [1.807, 2.05) is 11.0 Å². The Labute approximate surface area is 135 Å². The first-order valence-corrected chi connectivity index (χ1v) is 7.77. The molecule has 0 saturated carbocycles. The minimum atomic E-state index is 0.151. The monoisotopic (exact) mass is 330 g/mol.